The molecule has 0 saturated heterocycles. The Bertz CT molecular complexity index is 662. The van der Waals surface area contributed by atoms with E-state index in [2.05, 4.69) is 0 Å². The van der Waals surface area contributed by atoms with Crippen LogP contribution in [-0.4, -0.2) is 5.84 Å². The number of rotatable bonds is 4. The first-order valence-electron chi connectivity index (χ1n) is 5.68. The van der Waals surface area contributed by atoms with E-state index in [1.165, 1.54) is 6.07 Å². The van der Waals surface area contributed by atoms with Gasteiger partial charge in [-0.1, -0.05) is 35.3 Å². The molecule has 2 aromatic rings. The summed E-state index contributed by atoms with van der Waals surface area (Å²) >= 11 is 11.8. The Morgan fingerprint density at radius 3 is 2.70 bits per heavy atom. The normalized spacial score (nSPS) is 10.3. The summed E-state index contributed by atoms with van der Waals surface area (Å²) in [6.07, 6.45) is 0. The molecule has 0 aromatic heterocycles. The maximum Gasteiger partial charge on any atom is 0.140 e. The smallest absolute Gasteiger partial charge is 0.140 e. The van der Waals surface area contributed by atoms with Crippen LogP contribution in [0.1, 0.15) is 11.1 Å². The van der Waals surface area contributed by atoms with Gasteiger partial charge in [-0.3, -0.25) is 5.41 Å². The van der Waals surface area contributed by atoms with Crippen LogP contribution < -0.4 is 10.5 Å². The van der Waals surface area contributed by atoms with Crippen molar-refractivity contribution in [3.8, 4) is 5.75 Å². The van der Waals surface area contributed by atoms with E-state index in [4.69, 9.17) is 39.1 Å². The minimum Gasteiger partial charge on any atom is -0.487 e. The number of ether oxygens (including phenoxy) is 1. The highest BCUT2D eigenvalue weighted by Gasteiger charge is 2.11. The number of halogens is 3. The number of hydrogen-bond acceptors (Lipinski definition) is 2. The number of nitrogen functional groups attached to an aromatic ring is 1. The van der Waals surface area contributed by atoms with Crippen LogP contribution in [0, 0.1) is 11.2 Å². The van der Waals surface area contributed by atoms with Crippen molar-refractivity contribution < 1.29 is 9.13 Å². The minimum absolute atomic E-state index is 0.0347. The van der Waals surface area contributed by atoms with Gasteiger partial charge in [0.2, 0.25) is 0 Å². The van der Waals surface area contributed by atoms with Crippen LogP contribution in [-0.2, 0) is 6.61 Å². The van der Waals surface area contributed by atoms with E-state index < -0.39 is 5.82 Å². The fourth-order valence-electron chi connectivity index (χ4n) is 1.64. The summed E-state index contributed by atoms with van der Waals surface area (Å²) in [5.41, 5.74) is 5.63. The Kier molecular flexibility index (Phi) is 4.47. The molecule has 6 heteroatoms. The van der Waals surface area contributed by atoms with Gasteiger partial charge in [-0.2, -0.15) is 0 Å². The van der Waals surface area contributed by atoms with Crippen LogP contribution in [0.2, 0.25) is 10.0 Å². The van der Waals surface area contributed by atoms with Crippen LogP contribution in [0.5, 0.6) is 5.75 Å². The molecule has 0 spiro atoms. The largest absolute Gasteiger partial charge is 0.487 e. The van der Waals surface area contributed by atoms with Gasteiger partial charge in [-0.15, -0.1) is 0 Å². The zero-order valence-corrected chi connectivity index (χ0v) is 11.8. The Hall–Kier alpha value is -1.78. The van der Waals surface area contributed by atoms with Gasteiger partial charge < -0.3 is 10.5 Å². The number of amidine groups is 1. The SMILES string of the molecule is N=C(N)c1cccc(COc2cc(Cl)ccc2Cl)c1F. The molecule has 0 heterocycles. The maximum atomic E-state index is 14.0. The van der Waals surface area contributed by atoms with Gasteiger partial charge in [0, 0.05) is 16.7 Å². The van der Waals surface area contributed by atoms with Crippen LogP contribution in [0.25, 0.3) is 0 Å². The lowest BCUT2D eigenvalue weighted by molar-refractivity contribution is 0.300. The molecule has 3 nitrogen and oxygen atoms in total. The monoisotopic (exact) mass is 312 g/mol. The zero-order chi connectivity index (χ0) is 14.7. The van der Waals surface area contributed by atoms with E-state index in [1.807, 2.05) is 0 Å². The summed E-state index contributed by atoms with van der Waals surface area (Å²) in [5.74, 6) is -0.532. The number of hydrogen-bond donors (Lipinski definition) is 2. The lowest BCUT2D eigenvalue weighted by Crippen LogP contribution is -2.14. The summed E-state index contributed by atoms with van der Waals surface area (Å²) in [5, 5.41) is 8.15. The second-order valence-electron chi connectivity index (χ2n) is 4.06. The first-order valence-corrected chi connectivity index (χ1v) is 6.44. The van der Waals surface area contributed by atoms with Crippen molar-refractivity contribution in [2.75, 3.05) is 0 Å². The highest BCUT2D eigenvalue weighted by molar-refractivity contribution is 6.34. The molecule has 0 aliphatic carbocycles. The van der Waals surface area contributed by atoms with Gasteiger partial charge in [0.15, 0.2) is 0 Å². The van der Waals surface area contributed by atoms with Crippen LogP contribution in [0.15, 0.2) is 36.4 Å². The fourth-order valence-corrected chi connectivity index (χ4v) is 1.98. The highest BCUT2D eigenvalue weighted by atomic mass is 35.5. The second-order valence-corrected chi connectivity index (χ2v) is 4.90. The second kappa shape index (κ2) is 6.11. The zero-order valence-electron chi connectivity index (χ0n) is 10.3. The Balaban J connectivity index is 2.21. The summed E-state index contributed by atoms with van der Waals surface area (Å²) < 4.78 is 19.5. The molecule has 0 aliphatic heterocycles. The minimum atomic E-state index is -0.571. The van der Waals surface area contributed by atoms with Crippen molar-refractivity contribution in [3.63, 3.8) is 0 Å². The lowest BCUT2D eigenvalue weighted by Gasteiger charge is -2.10. The molecule has 104 valence electrons. The lowest BCUT2D eigenvalue weighted by atomic mass is 10.1. The van der Waals surface area contributed by atoms with Gasteiger partial charge in [0.25, 0.3) is 0 Å². The molecular formula is C14H11Cl2FN2O. The third-order valence-corrected chi connectivity index (χ3v) is 3.19. The van der Waals surface area contributed by atoms with E-state index in [0.717, 1.165) is 0 Å². The van der Waals surface area contributed by atoms with Crippen molar-refractivity contribution in [1.29, 1.82) is 5.41 Å². The van der Waals surface area contributed by atoms with Gasteiger partial charge in [-0.05, 0) is 18.2 Å². The summed E-state index contributed by atoms with van der Waals surface area (Å²) in [7, 11) is 0. The molecule has 0 saturated carbocycles. The van der Waals surface area contributed by atoms with Gasteiger partial charge in [0.05, 0.1) is 10.6 Å². The number of benzene rings is 2. The Morgan fingerprint density at radius 2 is 2.00 bits per heavy atom. The van der Waals surface area contributed by atoms with E-state index in [9.17, 15) is 4.39 Å². The molecule has 2 rings (SSSR count). The first-order chi connectivity index (χ1) is 9.49. The average Bonchev–Trinajstić information content (AvgIpc) is 2.41. The third-order valence-electron chi connectivity index (χ3n) is 2.65. The van der Waals surface area contributed by atoms with Crippen molar-refractivity contribution in [3.05, 3.63) is 63.4 Å². The van der Waals surface area contributed by atoms with E-state index >= 15 is 0 Å². The molecule has 0 fully saturated rings. The van der Waals surface area contributed by atoms with Crippen LogP contribution in [0.3, 0.4) is 0 Å². The first kappa shape index (κ1) is 14.6. The molecule has 0 amide bonds. The third kappa shape index (κ3) is 3.21. The van der Waals surface area contributed by atoms with E-state index in [0.29, 0.717) is 15.8 Å². The molecule has 2 aromatic carbocycles. The van der Waals surface area contributed by atoms with Gasteiger partial charge in [0.1, 0.15) is 24.0 Å². The highest BCUT2D eigenvalue weighted by Crippen LogP contribution is 2.28. The molecule has 0 aliphatic rings. The molecule has 0 unspecified atom stereocenters. The van der Waals surface area contributed by atoms with Gasteiger partial charge >= 0.3 is 0 Å². The van der Waals surface area contributed by atoms with Crippen molar-refractivity contribution >= 4 is 29.0 Å². The Morgan fingerprint density at radius 1 is 1.25 bits per heavy atom. The summed E-state index contributed by atoms with van der Waals surface area (Å²) in [4.78, 5) is 0. The van der Waals surface area contributed by atoms with Crippen molar-refractivity contribution in [2.45, 2.75) is 6.61 Å². The Labute approximate surface area is 125 Å². The molecule has 3 N–H and O–H groups in total. The standard InChI is InChI=1S/C14H11Cl2FN2O/c15-9-4-5-11(16)12(6-9)20-7-8-2-1-3-10(13(8)17)14(18)19/h1-6H,7H2,(H3,18,19). The van der Waals surface area contributed by atoms with Crippen molar-refractivity contribution in [1.82, 2.24) is 0 Å². The maximum absolute atomic E-state index is 14.0. The molecule has 0 atom stereocenters. The molecule has 20 heavy (non-hydrogen) atoms. The predicted molar refractivity (Wildman–Crippen MR) is 78.2 cm³/mol. The molecule has 0 bridgehead atoms. The number of nitrogens with two attached hydrogens (primary N) is 1. The predicted octanol–water partition coefficient (Wildman–Crippen LogP) is 4.00. The van der Waals surface area contributed by atoms with E-state index in [1.54, 1.807) is 30.3 Å². The summed E-state index contributed by atoms with van der Waals surface area (Å²) in [6.45, 7) is -0.0347. The summed E-state index contributed by atoms with van der Waals surface area (Å²) in [6, 6.07) is 9.39. The average molecular weight is 313 g/mol. The number of nitrogens with one attached hydrogen (secondary N) is 1. The van der Waals surface area contributed by atoms with Crippen LogP contribution >= 0.6 is 23.2 Å². The van der Waals surface area contributed by atoms with Crippen LogP contribution in [0.4, 0.5) is 4.39 Å². The van der Waals surface area contributed by atoms with Gasteiger partial charge in [-0.25, -0.2) is 4.39 Å². The van der Waals surface area contributed by atoms with E-state index in [-0.39, 0.29) is 23.6 Å². The quantitative estimate of drug-likeness (QED) is 0.662. The fraction of sp³-hybridized carbons (Fsp3) is 0.0714. The topological polar surface area (TPSA) is 59.1 Å². The molecular weight excluding hydrogens is 302 g/mol. The molecule has 0 radical (unpaired) electrons. The van der Waals surface area contributed by atoms with Crippen molar-refractivity contribution in [2.24, 2.45) is 5.73 Å².